The van der Waals surface area contributed by atoms with Crippen molar-refractivity contribution in [3.8, 4) is 0 Å². The molecule has 1 fully saturated rings. The Kier molecular flexibility index (Phi) is 6.34. The summed E-state index contributed by atoms with van der Waals surface area (Å²) in [6.07, 6.45) is 0. The zero-order valence-corrected chi connectivity index (χ0v) is 14.2. The average Bonchev–Trinajstić information content (AvgIpc) is 2.48. The van der Waals surface area contributed by atoms with E-state index in [0.717, 1.165) is 44.3 Å². The Morgan fingerprint density at radius 1 is 1.05 bits per heavy atom. The highest BCUT2D eigenvalue weighted by Crippen LogP contribution is 2.19. The van der Waals surface area contributed by atoms with E-state index in [9.17, 15) is 0 Å². The third-order valence-corrected chi connectivity index (χ3v) is 4.71. The summed E-state index contributed by atoms with van der Waals surface area (Å²) in [5, 5.41) is 4.42. The molecule has 0 bridgehead atoms. The molecule has 1 unspecified atom stereocenters. The van der Waals surface area contributed by atoms with Crippen LogP contribution in [-0.2, 0) is 0 Å². The van der Waals surface area contributed by atoms with Gasteiger partial charge < -0.3 is 10.2 Å². The van der Waals surface area contributed by atoms with Gasteiger partial charge in [0.05, 0.1) is 0 Å². The van der Waals surface area contributed by atoms with Gasteiger partial charge in [-0.25, -0.2) is 0 Å². The fraction of sp³-hybridized carbons (Fsp3) is 0.647. The molecule has 1 aromatic carbocycles. The second-order valence-electron chi connectivity index (χ2n) is 6.29. The summed E-state index contributed by atoms with van der Waals surface area (Å²) < 4.78 is 0. The zero-order chi connectivity index (χ0) is 15.2. The second kappa shape index (κ2) is 8.02. The molecule has 0 amide bonds. The molecule has 0 radical (unpaired) electrons. The average molecular weight is 310 g/mol. The highest BCUT2D eigenvalue weighted by molar-refractivity contribution is 6.30. The first kappa shape index (κ1) is 16.6. The van der Waals surface area contributed by atoms with Crippen LogP contribution in [0.15, 0.2) is 24.3 Å². The number of anilines is 1. The van der Waals surface area contributed by atoms with E-state index in [1.54, 1.807) is 0 Å². The van der Waals surface area contributed by atoms with Crippen molar-refractivity contribution in [3.05, 3.63) is 29.3 Å². The molecule has 4 heteroatoms. The summed E-state index contributed by atoms with van der Waals surface area (Å²) in [5.41, 5.74) is 1.28. The van der Waals surface area contributed by atoms with Crippen molar-refractivity contribution in [2.24, 2.45) is 5.92 Å². The lowest BCUT2D eigenvalue weighted by Crippen LogP contribution is -2.48. The molecule has 1 N–H and O–H groups in total. The molecular weight excluding hydrogens is 282 g/mol. The highest BCUT2D eigenvalue weighted by Gasteiger charge is 2.17. The Morgan fingerprint density at radius 3 is 2.24 bits per heavy atom. The first-order chi connectivity index (χ1) is 10.1. The summed E-state index contributed by atoms with van der Waals surface area (Å²) in [4.78, 5) is 4.99. The normalized spacial score (nSPS) is 18.2. The molecular formula is C17H28ClN3. The van der Waals surface area contributed by atoms with Crippen LogP contribution in [0.4, 0.5) is 5.69 Å². The predicted octanol–water partition coefficient (Wildman–Crippen LogP) is 3.10. The molecule has 1 atom stereocenters. The van der Waals surface area contributed by atoms with Crippen molar-refractivity contribution in [3.63, 3.8) is 0 Å². The van der Waals surface area contributed by atoms with Gasteiger partial charge in [-0.15, -0.1) is 0 Å². The number of benzene rings is 1. The molecule has 1 aromatic rings. The Morgan fingerprint density at radius 2 is 1.67 bits per heavy atom. The third kappa shape index (κ3) is 5.17. The smallest absolute Gasteiger partial charge is 0.0407 e. The minimum absolute atomic E-state index is 0.598. The van der Waals surface area contributed by atoms with Crippen molar-refractivity contribution < 1.29 is 0 Å². The lowest BCUT2D eigenvalue weighted by Gasteiger charge is -2.36. The fourth-order valence-corrected chi connectivity index (χ4v) is 2.69. The number of halogens is 1. The van der Waals surface area contributed by atoms with E-state index < -0.39 is 0 Å². The van der Waals surface area contributed by atoms with Crippen LogP contribution in [-0.4, -0.2) is 50.2 Å². The number of hydrogen-bond acceptors (Lipinski definition) is 3. The van der Waals surface area contributed by atoms with Gasteiger partial charge in [0, 0.05) is 56.0 Å². The fourth-order valence-electron chi connectivity index (χ4n) is 2.57. The van der Waals surface area contributed by atoms with Crippen molar-refractivity contribution in [1.29, 1.82) is 0 Å². The van der Waals surface area contributed by atoms with Crippen LogP contribution in [0.5, 0.6) is 0 Å². The van der Waals surface area contributed by atoms with Gasteiger partial charge >= 0.3 is 0 Å². The van der Waals surface area contributed by atoms with Crippen LogP contribution in [0, 0.1) is 5.92 Å². The number of nitrogens with one attached hydrogen (secondary N) is 1. The van der Waals surface area contributed by atoms with Crippen LogP contribution < -0.4 is 10.2 Å². The van der Waals surface area contributed by atoms with Gasteiger partial charge in [-0.05, 0) is 37.1 Å². The maximum absolute atomic E-state index is 5.94. The van der Waals surface area contributed by atoms with Crippen molar-refractivity contribution in [2.45, 2.75) is 26.8 Å². The van der Waals surface area contributed by atoms with E-state index in [1.165, 1.54) is 5.69 Å². The van der Waals surface area contributed by atoms with E-state index in [4.69, 9.17) is 11.6 Å². The molecule has 0 aliphatic carbocycles. The minimum atomic E-state index is 0.598. The standard InChI is InChI=1S/C17H28ClN3/c1-14(2)15(3)19-8-9-20-10-12-21(13-11-20)17-6-4-16(18)5-7-17/h4-7,14-15,19H,8-13H2,1-3H3. The van der Waals surface area contributed by atoms with Crippen molar-refractivity contribution in [2.75, 3.05) is 44.2 Å². The van der Waals surface area contributed by atoms with Crippen LogP contribution in [0.1, 0.15) is 20.8 Å². The molecule has 3 nitrogen and oxygen atoms in total. The number of nitrogens with zero attached hydrogens (tertiary/aromatic N) is 2. The minimum Gasteiger partial charge on any atom is -0.369 e. The van der Waals surface area contributed by atoms with E-state index in [-0.39, 0.29) is 0 Å². The second-order valence-corrected chi connectivity index (χ2v) is 6.73. The summed E-state index contributed by atoms with van der Waals surface area (Å²) in [6, 6.07) is 8.77. The predicted molar refractivity (Wildman–Crippen MR) is 92.4 cm³/mol. The van der Waals surface area contributed by atoms with Crippen LogP contribution in [0.25, 0.3) is 0 Å². The van der Waals surface area contributed by atoms with Gasteiger partial charge in [0.2, 0.25) is 0 Å². The first-order valence-electron chi connectivity index (χ1n) is 8.02. The summed E-state index contributed by atoms with van der Waals surface area (Å²) in [7, 11) is 0. The van der Waals surface area contributed by atoms with E-state index in [0.29, 0.717) is 12.0 Å². The van der Waals surface area contributed by atoms with E-state index in [2.05, 4.69) is 48.0 Å². The summed E-state index contributed by atoms with van der Waals surface area (Å²) in [5.74, 6) is 0.701. The van der Waals surface area contributed by atoms with Gasteiger partial charge in [0.15, 0.2) is 0 Å². The van der Waals surface area contributed by atoms with Crippen LogP contribution in [0.2, 0.25) is 5.02 Å². The number of hydrogen-bond donors (Lipinski definition) is 1. The summed E-state index contributed by atoms with van der Waals surface area (Å²) >= 11 is 5.94. The first-order valence-corrected chi connectivity index (χ1v) is 8.40. The Hall–Kier alpha value is -0.770. The SMILES string of the molecule is CC(C)C(C)NCCN1CCN(c2ccc(Cl)cc2)CC1. The largest absolute Gasteiger partial charge is 0.369 e. The monoisotopic (exact) mass is 309 g/mol. The van der Waals surface area contributed by atoms with Gasteiger partial charge in [0.1, 0.15) is 0 Å². The maximum Gasteiger partial charge on any atom is 0.0407 e. The van der Waals surface area contributed by atoms with Gasteiger partial charge in [-0.2, -0.15) is 0 Å². The summed E-state index contributed by atoms with van der Waals surface area (Å²) in [6.45, 7) is 13.5. The molecule has 0 saturated carbocycles. The van der Waals surface area contributed by atoms with Gasteiger partial charge in [-0.1, -0.05) is 25.4 Å². The number of rotatable bonds is 6. The lowest BCUT2D eigenvalue weighted by molar-refractivity contribution is 0.251. The molecule has 1 heterocycles. The molecule has 1 aliphatic heterocycles. The Labute approximate surface area is 134 Å². The quantitative estimate of drug-likeness (QED) is 0.871. The molecule has 21 heavy (non-hydrogen) atoms. The van der Waals surface area contributed by atoms with E-state index in [1.807, 2.05) is 12.1 Å². The molecule has 118 valence electrons. The Bertz CT molecular complexity index is 411. The zero-order valence-electron chi connectivity index (χ0n) is 13.5. The molecule has 1 saturated heterocycles. The van der Waals surface area contributed by atoms with Crippen LogP contribution in [0.3, 0.4) is 0 Å². The lowest BCUT2D eigenvalue weighted by atomic mass is 10.1. The van der Waals surface area contributed by atoms with Gasteiger partial charge in [-0.3, -0.25) is 4.90 Å². The van der Waals surface area contributed by atoms with Crippen LogP contribution >= 0.6 is 11.6 Å². The molecule has 0 aromatic heterocycles. The third-order valence-electron chi connectivity index (χ3n) is 4.46. The molecule has 2 rings (SSSR count). The van der Waals surface area contributed by atoms with Crippen molar-refractivity contribution >= 4 is 17.3 Å². The van der Waals surface area contributed by atoms with E-state index >= 15 is 0 Å². The highest BCUT2D eigenvalue weighted by atomic mass is 35.5. The topological polar surface area (TPSA) is 18.5 Å². The Balaban J connectivity index is 1.70. The maximum atomic E-state index is 5.94. The van der Waals surface area contributed by atoms with Crippen molar-refractivity contribution in [1.82, 2.24) is 10.2 Å². The van der Waals surface area contributed by atoms with Gasteiger partial charge in [0.25, 0.3) is 0 Å². The molecule has 1 aliphatic rings. The number of piperazine rings is 1. The molecule has 0 spiro atoms.